The van der Waals surface area contributed by atoms with Gasteiger partial charge in [0.2, 0.25) is 0 Å². The lowest BCUT2D eigenvalue weighted by molar-refractivity contribution is -0.121. The molecule has 8 heteroatoms. The Hall–Kier alpha value is -0.580. The molecule has 8 unspecified atom stereocenters. The first-order valence-corrected chi connectivity index (χ1v) is 13.9. The van der Waals surface area contributed by atoms with Crippen molar-refractivity contribution in [3.8, 4) is 0 Å². The molecule has 8 nitrogen and oxygen atoms in total. The van der Waals surface area contributed by atoms with Crippen LogP contribution in [0.5, 0.6) is 0 Å². The summed E-state index contributed by atoms with van der Waals surface area (Å²) in [6.07, 6.45) is -1.82. The number of aliphatic hydroxyl groups excluding tert-OH is 6. The van der Waals surface area contributed by atoms with Gasteiger partial charge in [-0.15, -0.1) is 0 Å². The van der Waals surface area contributed by atoms with Crippen molar-refractivity contribution in [3.63, 3.8) is 0 Å². The van der Waals surface area contributed by atoms with Crippen LogP contribution in [0, 0.1) is 22.2 Å². The van der Waals surface area contributed by atoms with Gasteiger partial charge < -0.3 is 35.4 Å². The average Bonchev–Trinajstić information content (AvgIpc) is 2.73. The third-order valence-corrected chi connectivity index (χ3v) is 8.01. The number of hydrogen-bond donors (Lipinski definition) is 7. The van der Waals surface area contributed by atoms with Crippen molar-refractivity contribution in [3.05, 3.63) is 12.2 Å². The zero-order valence-electron chi connectivity index (χ0n) is 24.7. The van der Waals surface area contributed by atoms with Gasteiger partial charge in [0.15, 0.2) is 0 Å². The van der Waals surface area contributed by atoms with Gasteiger partial charge in [-0.25, -0.2) is 0 Å². The maximum absolute atomic E-state index is 11.2. The van der Waals surface area contributed by atoms with Crippen LogP contribution >= 0.6 is 0 Å². The molecule has 0 amide bonds. The number of rotatable bonds is 13. The molecule has 7 N–H and O–H groups in total. The predicted octanol–water partition coefficient (Wildman–Crippen LogP) is 2.73. The molecule has 220 valence electrons. The predicted molar refractivity (Wildman–Crippen MR) is 147 cm³/mol. The standard InChI is InChI=1S/C29H57NO7/c1-18(2)28(6,7)15-24(34)30-19(21(32)14-23(33)29(8,9)17-27(3,4)5)16-37-22-13-11-10-12-20(31)25(35)26(22)36/h11,13,18-26,30-36H,10,12,14-17H2,1-9H3. The van der Waals surface area contributed by atoms with E-state index in [0.29, 0.717) is 25.2 Å². The summed E-state index contributed by atoms with van der Waals surface area (Å²) in [5.41, 5.74) is -0.599. The molecule has 0 spiro atoms. The lowest BCUT2D eigenvalue weighted by atomic mass is 9.71. The molecule has 1 aliphatic carbocycles. The van der Waals surface area contributed by atoms with Crippen molar-refractivity contribution < 1.29 is 35.4 Å². The third-order valence-electron chi connectivity index (χ3n) is 8.01. The van der Waals surface area contributed by atoms with E-state index in [1.54, 1.807) is 12.2 Å². The summed E-state index contributed by atoms with van der Waals surface area (Å²) in [6.45, 7) is 18.6. The quantitative estimate of drug-likeness (QED) is 0.142. The summed E-state index contributed by atoms with van der Waals surface area (Å²) < 4.78 is 5.94. The lowest BCUT2D eigenvalue weighted by Gasteiger charge is -2.39. The van der Waals surface area contributed by atoms with Crippen molar-refractivity contribution >= 4 is 0 Å². The lowest BCUT2D eigenvalue weighted by Crippen LogP contribution is -2.53. The molecule has 8 atom stereocenters. The summed E-state index contributed by atoms with van der Waals surface area (Å²) in [7, 11) is 0. The van der Waals surface area contributed by atoms with Crippen LogP contribution in [0.25, 0.3) is 0 Å². The molecule has 0 aromatic rings. The van der Waals surface area contributed by atoms with E-state index < -0.39 is 54.3 Å². The molecule has 0 radical (unpaired) electrons. The molecule has 0 heterocycles. The van der Waals surface area contributed by atoms with Gasteiger partial charge in [-0.3, -0.25) is 5.32 Å². The van der Waals surface area contributed by atoms with Gasteiger partial charge in [0.25, 0.3) is 0 Å². The maximum atomic E-state index is 11.2. The van der Waals surface area contributed by atoms with Gasteiger partial charge in [-0.1, -0.05) is 74.5 Å². The van der Waals surface area contributed by atoms with Crippen LogP contribution < -0.4 is 5.32 Å². The number of aliphatic hydroxyl groups is 6. The van der Waals surface area contributed by atoms with Gasteiger partial charge in [0.1, 0.15) is 24.5 Å². The summed E-state index contributed by atoms with van der Waals surface area (Å²) >= 11 is 0. The molecule has 1 aliphatic rings. The third kappa shape index (κ3) is 11.6. The summed E-state index contributed by atoms with van der Waals surface area (Å²) in [5, 5.41) is 67.1. The van der Waals surface area contributed by atoms with E-state index in [4.69, 9.17) is 4.74 Å². The highest BCUT2D eigenvalue weighted by Crippen LogP contribution is 2.37. The van der Waals surface area contributed by atoms with Crippen LogP contribution in [0.1, 0.15) is 94.4 Å². The zero-order valence-corrected chi connectivity index (χ0v) is 24.7. The second kappa shape index (κ2) is 14.2. The first-order chi connectivity index (χ1) is 16.8. The van der Waals surface area contributed by atoms with Crippen molar-refractivity contribution in [2.24, 2.45) is 22.2 Å². The largest absolute Gasteiger partial charge is 0.392 e. The van der Waals surface area contributed by atoms with Gasteiger partial charge in [0.05, 0.1) is 31.0 Å². The Bertz CT molecular complexity index is 688. The van der Waals surface area contributed by atoms with Crippen LogP contribution in [0.2, 0.25) is 0 Å². The number of hydrogen-bond acceptors (Lipinski definition) is 8. The Morgan fingerprint density at radius 2 is 1.51 bits per heavy atom. The smallest absolute Gasteiger partial charge is 0.112 e. The fourth-order valence-electron chi connectivity index (χ4n) is 5.08. The first kappa shape index (κ1) is 34.4. The normalized spacial score (nSPS) is 27.5. The van der Waals surface area contributed by atoms with Crippen molar-refractivity contribution in [1.82, 2.24) is 5.32 Å². The van der Waals surface area contributed by atoms with Crippen LogP contribution in [0.4, 0.5) is 0 Å². The molecule has 37 heavy (non-hydrogen) atoms. The molecular weight excluding hydrogens is 474 g/mol. The fourth-order valence-corrected chi connectivity index (χ4v) is 5.08. The second-order valence-corrected chi connectivity index (χ2v) is 14.0. The summed E-state index contributed by atoms with van der Waals surface area (Å²) in [4.78, 5) is 0. The van der Waals surface area contributed by atoms with Gasteiger partial charge >= 0.3 is 0 Å². The molecule has 0 bridgehead atoms. The van der Waals surface area contributed by atoms with Crippen molar-refractivity contribution in [1.29, 1.82) is 0 Å². The average molecular weight is 532 g/mol. The molecule has 0 fully saturated rings. The van der Waals surface area contributed by atoms with E-state index in [-0.39, 0.29) is 23.9 Å². The van der Waals surface area contributed by atoms with Gasteiger partial charge in [-0.05, 0) is 47.8 Å². The Morgan fingerprint density at radius 3 is 2.05 bits per heavy atom. The van der Waals surface area contributed by atoms with E-state index in [9.17, 15) is 30.6 Å². The van der Waals surface area contributed by atoms with Crippen LogP contribution in [-0.2, 0) is 4.74 Å². The zero-order chi connectivity index (χ0) is 28.8. The summed E-state index contributed by atoms with van der Waals surface area (Å²) in [5.74, 6) is 0.326. The number of ether oxygens (including phenoxy) is 1. The molecular formula is C29H57NO7. The minimum absolute atomic E-state index is 0.000890. The van der Waals surface area contributed by atoms with Crippen molar-refractivity contribution in [2.75, 3.05) is 6.61 Å². The van der Waals surface area contributed by atoms with Crippen LogP contribution in [0.15, 0.2) is 12.2 Å². The van der Waals surface area contributed by atoms with Crippen molar-refractivity contribution in [2.45, 2.75) is 143 Å². The van der Waals surface area contributed by atoms with E-state index >= 15 is 0 Å². The SMILES string of the molecule is CC(C)C(C)(C)CC(O)NC(COC1C=CCCC(O)C(O)C1O)C(O)CC(O)C(C)(C)CC(C)(C)C. The molecule has 0 aliphatic heterocycles. The summed E-state index contributed by atoms with van der Waals surface area (Å²) in [6, 6.07) is -0.744. The number of nitrogens with one attached hydrogen (secondary N) is 1. The van der Waals surface area contributed by atoms with E-state index in [2.05, 4.69) is 53.8 Å². The van der Waals surface area contributed by atoms with Gasteiger partial charge in [-0.2, -0.15) is 0 Å². The maximum Gasteiger partial charge on any atom is 0.112 e. The minimum Gasteiger partial charge on any atom is -0.392 e. The van der Waals surface area contributed by atoms with E-state index in [0.717, 1.165) is 6.42 Å². The Morgan fingerprint density at radius 1 is 0.919 bits per heavy atom. The molecule has 0 aromatic carbocycles. The molecule has 1 rings (SSSR count). The molecule has 0 saturated carbocycles. The second-order valence-electron chi connectivity index (χ2n) is 14.0. The highest BCUT2D eigenvalue weighted by atomic mass is 16.5. The van der Waals surface area contributed by atoms with Gasteiger partial charge in [0, 0.05) is 6.42 Å². The highest BCUT2D eigenvalue weighted by Gasteiger charge is 2.37. The number of allylic oxidation sites excluding steroid dienone is 1. The van der Waals surface area contributed by atoms with E-state index in [1.807, 2.05) is 13.8 Å². The Kier molecular flexibility index (Phi) is 13.2. The van der Waals surface area contributed by atoms with Crippen LogP contribution in [-0.4, -0.2) is 86.1 Å². The van der Waals surface area contributed by atoms with Crippen LogP contribution in [0.3, 0.4) is 0 Å². The Balaban J connectivity index is 3.04. The Labute approximate surface area is 225 Å². The molecule has 0 saturated heterocycles. The monoisotopic (exact) mass is 531 g/mol. The minimum atomic E-state index is -1.36. The topological polar surface area (TPSA) is 143 Å². The highest BCUT2D eigenvalue weighted by molar-refractivity contribution is 5.00. The van der Waals surface area contributed by atoms with E-state index in [1.165, 1.54) is 0 Å². The molecule has 0 aromatic heterocycles. The fraction of sp³-hybridized carbons (Fsp3) is 0.931. The first-order valence-electron chi connectivity index (χ1n) is 13.9.